The van der Waals surface area contributed by atoms with Gasteiger partial charge in [0.2, 0.25) is 0 Å². The normalized spacial score (nSPS) is 9.31. The molecule has 0 fully saturated rings. The minimum atomic E-state index is -0.664. The van der Waals surface area contributed by atoms with Crippen LogP contribution in [-0.2, 0) is 0 Å². The van der Waals surface area contributed by atoms with E-state index in [4.69, 9.17) is 11.5 Å². The van der Waals surface area contributed by atoms with Crippen LogP contribution >= 0.6 is 0 Å². The number of nitrogens with one attached hydrogen (secondary N) is 1. The molecule has 5 N–H and O–H groups in total. The van der Waals surface area contributed by atoms with Crippen LogP contribution in [0.5, 0.6) is 0 Å². The van der Waals surface area contributed by atoms with Crippen molar-refractivity contribution in [3.8, 4) is 0 Å². The Morgan fingerprint density at radius 1 is 1.38 bits per heavy atom. The second-order valence-corrected chi connectivity index (χ2v) is 2.65. The second kappa shape index (κ2) is 6.10. The third kappa shape index (κ3) is 5.77. The maximum absolute atomic E-state index is 10.8. The van der Waals surface area contributed by atoms with E-state index in [1.165, 1.54) is 4.90 Å². The van der Waals surface area contributed by atoms with E-state index in [-0.39, 0.29) is 6.67 Å². The molecule has 0 aromatic carbocycles. The number of hydrogen-bond donors (Lipinski definition) is 3. The molecule has 6 heteroatoms. The average Bonchev–Trinajstić information content (AvgIpc) is 2.03. The summed E-state index contributed by atoms with van der Waals surface area (Å²) in [4.78, 5) is 22.4. The largest absolute Gasteiger partial charge is 0.352 e. The molecule has 0 saturated heterocycles. The molecule has 0 aromatic heterocycles. The van der Waals surface area contributed by atoms with Crippen LogP contribution in [0.25, 0.3) is 0 Å². The first-order valence-electron chi connectivity index (χ1n) is 4.15. The summed E-state index contributed by atoms with van der Waals surface area (Å²) in [6.45, 7) is 2.61. The fourth-order valence-corrected chi connectivity index (χ4v) is 0.789. The van der Waals surface area contributed by atoms with Crippen LogP contribution < -0.4 is 16.8 Å². The van der Waals surface area contributed by atoms with Crippen molar-refractivity contribution in [3.63, 3.8) is 0 Å². The Morgan fingerprint density at radius 2 is 2.00 bits per heavy atom. The number of carbonyl (C=O) groups is 2. The van der Waals surface area contributed by atoms with Crippen molar-refractivity contribution in [1.82, 2.24) is 10.2 Å². The van der Waals surface area contributed by atoms with Gasteiger partial charge in [-0.05, 0) is 6.42 Å². The van der Waals surface area contributed by atoms with Crippen molar-refractivity contribution in [2.75, 3.05) is 13.2 Å². The highest BCUT2D eigenvalue weighted by Gasteiger charge is 2.08. The Balaban J connectivity index is 3.80. The number of unbranched alkanes of at least 4 members (excludes halogenated alkanes) is 1. The lowest BCUT2D eigenvalue weighted by Gasteiger charge is -2.19. The molecule has 13 heavy (non-hydrogen) atoms. The molecule has 0 aliphatic heterocycles. The topological polar surface area (TPSA) is 101 Å². The molecule has 0 radical (unpaired) electrons. The number of amides is 4. The molecule has 0 spiro atoms. The van der Waals surface area contributed by atoms with Gasteiger partial charge < -0.3 is 21.7 Å². The maximum atomic E-state index is 10.8. The second-order valence-electron chi connectivity index (χ2n) is 2.65. The first-order valence-corrected chi connectivity index (χ1v) is 4.15. The minimum Gasteiger partial charge on any atom is -0.352 e. The van der Waals surface area contributed by atoms with E-state index in [1.807, 2.05) is 6.92 Å². The number of carbonyl (C=O) groups excluding carboxylic acids is 2. The van der Waals surface area contributed by atoms with Gasteiger partial charge >= 0.3 is 12.1 Å². The first kappa shape index (κ1) is 11.5. The van der Waals surface area contributed by atoms with Gasteiger partial charge in [0.25, 0.3) is 0 Å². The minimum absolute atomic E-state index is 0.0741. The van der Waals surface area contributed by atoms with Crippen LogP contribution in [0.2, 0.25) is 0 Å². The summed E-state index contributed by atoms with van der Waals surface area (Å²) in [6, 6.07) is -1.22. The summed E-state index contributed by atoms with van der Waals surface area (Å²) in [5, 5.41) is 2.30. The Bertz CT molecular complexity index is 183. The lowest BCUT2D eigenvalue weighted by molar-refractivity contribution is 0.200. The standard InChI is InChI=1S/C7H16N4O2/c1-2-3-4-11(7(9)13)5-10-6(8)12/h2-5H2,1H3,(H2,9,13)(H3,8,10,12). The lowest BCUT2D eigenvalue weighted by Crippen LogP contribution is -2.45. The van der Waals surface area contributed by atoms with Crippen molar-refractivity contribution < 1.29 is 9.59 Å². The smallest absolute Gasteiger partial charge is 0.316 e. The summed E-state index contributed by atoms with van der Waals surface area (Å²) in [6.07, 6.45) is 1.81. The maximum Gasteiger partial charge on any atom is 0.316 e. The Morgan fingerprint density at radius 3 is 2.38 bits per heavy atom. The van der Waals surface area contributed by atoms with Gasteiger partial charge in [-0.25, -0.2) is 9.59 Å². The Hall–Kier alpha value is -1.46. The zero-order valence-corrected chi connectivity index (χ0v) is 7.75. The zero-order valence-electron chi connectivity index (χ0n) is 7.75. The average molecular weight is 188 g/mol. The molecule has 0 rings (SSSR count). The van der Waals surface area contributed by atoms with E-state index in [9.17, 15) is 9.59 Å². The molecule has 0 unspecified atom stereocenters. The molecule has 6 nitrogen and oxygen atoms in total. The number of primary amides is 2. The van der Waals surface area contributed by atoms with Crippen LogP contribution in [0.3, 0.4) is 0 Å². The Kier molecular flexibility index (Phi) is 5.42. The molecule has 0 saturated carbocycles. The van der Waals surface area contributed by atoms with Crippen LogP contribution in [-0.4, -0.2) is 30.2 Å². The van der Waals surface area contributed by atoms with Gasteiger partial charge in [-0.3, -0.25) is 0 Å². The zero-order chi connectivity index (χ0) is 10.3. The van der Waals surface area contributed by atoms with Crippen molar-refractivity contribution in [3.05, 3.63) is 0 Å². The third-order valence-electron chi connectivity index (χ3n) is 1.54. The van der Waals surface area contributed by atoms with Gasteiger partial charge in [0.15, 0.2) is 0 Å². The van der Waals surface area contributed by atoms with Crippen LogP contribution in [0, 0.1) is 0 Å². The van der Waals surface area contributed by atoms with Gasteiger partial charge in [-0.15, -0.1) is 0 Å². The van der Waals surface area contributed by atoms with Crippen LogP contribution in [0.15, 0.2) is 0 Å². The van der Waals surface area contributed by atoms with Crippen molar-refractivity contribution in [1.29, 1.82) is 0 Å². The van der Waals surface area contributed by atoms with E-state index >= 15 is 0 Å². The summed E-state index contributed by atoms with van der Waals surface area (Å²) < 4.78 is 0. The SMILES string of the molecule is CCCCN(CNC(N)=O)C(N)=O. The van der Waals surface area contributed by atoms with E-state index in [2.05, 4.69) is 5.32 Å². The molecule has 4 amide bonds. The molecule has 0 atom stereocenters. The van der Waals surface area contributed by atoms with Gasteiger partial charge in [0, 0.05) is 6.54 Å². The molecule has 0 heterocycles. The first-order chi connectivity index (χ1) is 6.07. The molecule has 76 valence electrons. The fourth-order valence-electron chi connectivity index (χ4n) is 0.789. The number of rotatable bonds is 5. The predicted molar refractivity (Wildman–Crippen MR) is 48.8 cm³/mol. The number of urea groups is 2. The van der Waals surface area contributed by atoms with Gasteiger partial charge in [0.05, 0.1) is 6.67 Å². The molecular weight excluding hydrogens is 172 g/mol. The molecule has 0 bridgehead atoms. The predicted octanol–water partition coefficient (Wildman–Crippen LogP) is -0.207. The summed E-state index contributed by atoms with van der Waals surface area (Å²) in [7, 11) is 0. The molecule has 0 aliphatic rings. The van der Waals surface area contributed by atoms with Crippen LogP contribution in [0.4, 0.5) is 9.59 Å². The molecular formula is C7H16N4O2. The quantitative estimate of drug-likeness (QED) is 0.520. The lowest BCUT2D eigenvalue weighted by atomic mass is 10.3. The summed E-state index contributed by atoms with van der Waals surface area (Å²) >= 11 is 0. The highest BCUT2D eigenvalue weighted by molar-refractivity contribution is 5.74. The van der Waals surface area contributed by atoms with Crippen molar-refractivity contribution in [2.24, 2.45) is 11.5 Å². The molecule has 0 aromatic rings. The van der Waals surface area contributed by atoms with E-state index < -0.39 is 12.1 Å². The van der Waals surface area contributed by atoms with Crippen LogP contribution in [0.1, 0.15) is 19.8 Å². The van der Waals surface area contributed by atoms with Crippen molar-refractivity contribution >= 4 is 12.1 Å². The monoisotopic (exact) mass is 188 g/mol. The third-order valence-corrected chi connectivity index (χ3v) is 1.54. The van der Waals surface area contributed by atoms with E-state index in [0.717, 1.165) is 12.8 Å². The molecule has 0 aliphatic carbocycles. The summed E-state index contributed by atoms with van der Waals surface area (Å²) in [5.41, 5.74) is 9.90. The number of nitrogens with zero attached hydrogens (tertiary/aromatic N) is 1. The highest BCUT2D eigenvalue weighted by atomic mass is 16.2. The number of hydrogen-bond acceptors (Lipinski definition) is 2. The summed E-state index contributed by atoms with van der Waals surface area (Å²) in [5.74, 6) is 0. The van der Waals surface area contributed by atoms with Gasteiger partial charge in [-0.1, -0.05) is 13.3 Å². The van der Waals surface area contributed by atoms with Crippen molar-refractivity contribution in [2.45, 2.75) is 19.8 Å². The highest BCUT2D eigenvalue weighted by Crippen LogP contribution is 1.92. The Labute approximate surface area is 77.2 Å². The number of nitrogens with two attached hydrogens (primary N) is 2. The van der Waals surface area contributed by atoms with E-state index in [1.54, 1.807) is 0 Å². The van der Waals surface area contributed by atoms with E-state index in [0.29, 0.717) is 6.54 Å². The van der Waals surface area contributed by atoms with Gasteiger partial charge in [-0.2, -0.15) is 0 Å². The fraction of sp³-hybridized carbons (Fsp3) is 0.714. The van der Waals surface area contributed by atoms with Gasteiger partial charge in [0.1, 0.15) is 0 Å².